The molecule has 1 amide bonds. The van der Waals surface area contributed by atoms with Gasteiger partial charge in [0.15, 0.2) is 0 Å². The molecule has 0 aromatic rings. The lowest BCUT2D eigenvalue weighted by Crippen LogP contribution is -2.44. The maximum absolute atomic E-state index is 12.4. The van der Waals surface area contributed by atoms with Gasteiger partial charge in [-0.15, -0.1) is 0 Å². The van der Waals surface area contributed by atoms with E-state index in [0.29, 0.717) is 11.3 Å². The summed E-state index contributed by atoms with van der Waals surface area (Å²) in [6, 6.07) is 0.268. The summed E-state index contributed by atoms with van der Waals surface area (Å²) in [5, 5.41) is 0. The molecule has 102 valence electrons. The Hall–Kier alpha value is -0.570. The van der Waals surface area contributed by atoms with Crippen LogP contribution in [0, 0.1) is 11.3 Å². The van der Waals surface area contributed by atoms with Crippen molar-refractivity contribution in [2.24, 2.45) is 17.1 Å². The van der Waals surface area contributed by atoms with Crippen molar-refractivity contribution in [1.29, 1.82) is 0 Å². The largest absolute Gasteiger partial charge is 0.342 e. The quantitative estimate of drug-likeness (QED) is 0.776. The van der Waals surface area contributed by atoms with Crippen molar-refractivity contribution in [1.82, 2.24) is 4.90 Å². The van der Waals surface area contributed by atoms with E-state index in [1.165, 1.54) is 38.5 Å². The highest BCUT2D eigenvalue weighted by molar-refractivity contribution is 5.79. The Labute approximate surface area is 110 Å². The third kappa shape index (κ3) is 2.29. The Kier molecular flexibility index (Phi) is 3.35. The molecule has 1 heterocycles. The molecule has 0 aromatic carbocycles. The second-order valence-electron chi connectivity index (χ2n) is 6.80. The molecule has 1 aliphatic heterocycles. The molecule has 0 aromatic heterocycles. The Morgan fingerprint density at radius 2 is 1.72 bits per heavy atom. The molecule has 2 atom stereocenters. The monoisotopic (exact) mass is 250 g/mol. The van der Waals surface area contributed by atoms with Crippen LogP contribution in [0.5, 0.6) is 0 Å². The van der Waals surface area contributed by atoms with E-state index in [1.807, 2.05) is 0 Å². The Bertz CT molecular complexity index is 312. The fraction of sp³-hybridized carbons (Fsp3) is 0.933. The summed E-state index contributed by atoms with van der Waals surface area (Å²) in [6.07, 6.45) is 11.1. The van der Waals surface area contributed by atoms with Crippen LogP contribution >= 0.6 is 0 Å². The van der Waals surface area contributed by atoms with Crippen molar-refractivity contribution in [3.63, 3.8) is 0 Å². The van der Waals surface area contributed by atoms with E-state index in [4.69, 9.17) is 5.73 Å². The van der Waals surface area contributed by atoms with Crippen LogP contribution in [0.15, 0.2) is 0 Å². The van der Waals surface area contributed by atoms with Crippen molar-refractivity contribution >= 4 is 5.91 Å². The zero-order valence-electron chi connectivity index (χ0n) is 11.4. The van der Waals surface area contributed by atoms with Gasteiger partial charge in [0.25, 0.3) is 0 Å². The fourth-order valence-corrected chi connectivity index (χ4v) is 4.33. The van der Waals surface area contributed by atoms with E-state index < -0.39 is 0 Å². The Morgan fingerprint density at radius 3 is 2.28 bits per heavy atom. The molecule has 1 saturated heterocycles. The molecule has 2 N–H and O–H groups in total. The van der Waals surface area contributed by atoms with Gasteiger partial charge >= 0.3 is 0 Å². The number of rotatable bonds is 1. The molecule has 0 bridgehead atoms. The highest BCUT2D eigenvalue weighted by atomic mass is 16.2. The molecule has 3 fully saturated rings. The van der Waals surface area contributed by atoms with E-state index in [0.717, 1.165) is 32.4 Å². The second kappa shape index (κ2) is 4.84. The summed E-state index contributed by atoms with van der Waals surface area (Å²) < 4.78 is 0. The molecule has 3 rings (SSSR count). The van der Waals surface area contributed by atoms with Crippen molar-refractivity contribution in [2.45, 2.75) is 63.8 Å². The van der Waals surface area contributed by atoms with Crippen LogP contribution in [-0.2, 0) is 4.79 Å². The number of carbonyl (C=O) groups excluding carboxylic acids is 1. The lowest BCUT2D eigenvalue weighted by Gasteiger charge is -2.40. The van der Waals surface area contributed by atoms with E-state index in [9.17, 15) is 4.79 Å². The van der Waals surface area contributed by atoms with Gasteiger partial charge in [0, 0.05) is 25.0 Å². The first-order valence-corrected chi connectivity index (χ1v) is 7.73. The Morgan fingerprint density at radius 1 is 1.06 bits per heavy atom. The first-order chi connectivity index (χ1) is 8.69. The summed E-state index contributed by atoms with van der Waals surface area (Å²) in [5.74, 6) is 0.633. The summed E-state index contributed by atoms with van der Waals surface area (Å²) >= 11 is 0. The molecule has 18 heavy (non-hydrogen) atoms. The molecule has 2 unspecified atom stereocenters. The summed E-state index contributed by atoms with van der Waals surface area (Å²) in [5.41, 5.74) is 6.53. The molecule has 3 aliphatic rings. The molecule has 0 radical (unpaired) electrons. The van der Waals surface area contributed by atoms with Gasteiger partial charge in [-0.25, -0.2) is 0 Å². The third-order valence-corrected chi connectivity index (χ3v) is 5.62. The van der Waals surface area contributed by atoms with Gasteiger partial charge in [-0.2, -0.15) is 0 Å². The molecule has 3 heteroatoms. The average Bonchev–Trinajstić information content (AvgIpc) is 3.00. The van der Waals surface area contributed by atoms with Gasteiger partial charge in [0.05, 0.1) is 0 Å². The third-order valence-electron chi connectivity index (χ3n) is 5.62. The summed E-state index contributed by atoms with van der Waals surface area (Å²) in [6.45, 7) is 2.01. The van der Waals surface area contributed by atoms with Crippen molar-refractivity contribution in [3.05, 3.63) is 0 Å². The van der Waals surface area contributed by atoms with E-state index in [1.54, 1.807) is 0 Å². The molecule has 1 spiro atoms. The maximum atomic E-state index is 12.4. The molecule has 3 nitrogen and oxygen atoms in total. The topological polar surface area (TPSA) is 46.3 Å². The van der Waals surface area contributed by atoms with Gasteiger partial charge in [-0.3, -0.25) is 4.79 Å². The lowest BCUT2D eigenvalue weighted by molar-refractivity contribution is -0.137. The smallest absolute Gasteiger partial charge is 0.225 e. The average molecular weight is 250 g/mol. The SMILES string of the molecule is NC1CCC(C(=O)N2CCC3(CCCC3)CC2)C1. The van der Waals surface area contributed by atoms with E-state index >= 15 is 0 Å². The second-order valence-corrected chi connectivity index (χ2v) is 6.80. The number of nitrogens with zero attached hydrogens (tertiary/aromatic N) is 1. The fourth-order valence-electron chi connectivity index (χ4n) is 4.33. The van der Waals surface area contributed by atoms with Gasteiger partial charge < -0.3 is 10.6 Å². The number of nitrogens with two attached hydrogens (primary N) is 1. The van der Waals surface area contributed by atoms with Crippen LogP contribution in [-0.4, -0.2) is 29.9 Å². The van der Waals surface area contributed by atoms with Crippen LogP contribution in [0.25, 0.3) is 0 Å². The van der Waals surface area contributed by atoms with Crippen LogP contribution in [0.1, 0.15) is 57.8 Å². The zero-order valence-corrected chi connectivity index (χ0v) is 11.4. The number of piperidine rings is 1. The van der Waals surface area contributed by atoms with Gasteiger partial charge in [0.1, 0.15) is 0 Å². The van der Waals surface area contributed by atoms with Crippen LogP contribution in [0.4, 0.5) is 0 Å². The lowest BCUT2D eigenvalue weighted by atomic mass is 9.77. The first kappa shape index (κ1) is 12.5. The zero-order chi connectivity index (χ0) is 12.6. The minimum absolute atomic E-state index is 0.234. The molecule has 2 saturated carbocycles. The summed E-state index contributed by atoms with van der Waals surface area (Å²) in [7, 11) is 0. The van der Waals surface area contributed by atoms with Gasteiger partial charge in [0.2, 0.25) is 5.91 Å². The molecular formula is C15H26N2O. The predicted octanol–water partition coefficient (Wildman–Crippen LogP) is 2.30. The highest BCUT2D eigenvalue weighted by Crippen LogP contribution is 2.46. The summed E-state index contributed by atoms with van der Waals surface area (Å²) in [4.78, 5) is 14.6. The van der Waals surface area contributed by atoms with Gasteiger partial charge in [-0.1, -0.05) is 12.8 Å². The molecule has 2 aliphatic carbocycles. The van der Waals surface area contributed by atoms with Gasteiger partial charge in [-0.05, 0) is 50.4 Å². The number of amides is 1. The van der Waals surface area contributed by atoms with Crippen molar-refractivity contribution in [3.8, 4) is 0 Å². The van der Waals surface area contributed by atoms with Crippen molar-refractivity contribution in [2.75, 3.05) is 13.1 Å². The molecular weight excluding hydrogens is 224 g/mol. The standard InChI is InChI=1S/C15H26N2O/c16-13-4-3-12(11-13)14(18)17-9-7-15(8-10-17)5-1-2-6-15/h12-13H,1-11,16H2. The number of carbonyl (C=O) groups is 1. The number of likely N-dealkylation sites (tertiary alicyclic amines) is 1. The van der Waals surface area contributed by atoms with Crippen LogP contribution in [0.2, 0.25) is 0 Å². The van der Waals surface area contributed by atoms with Crippen LogP contribution < -0.4 is 5.73 Å². The highest BCUT2D eigenvalue weighted by Gasteiger charge is 2.39. The van der Waals surface area contributed by atoms with Crippen molar-refractivity contribution < 1.29 is 4.79 Å². The van der Waals surface area contributed by atoms with Crippen LogP contribution in [0.3, 0.4) is 0 Å². The number of hydrogen-bond acceptors (Lipinski definition) is 2. The normalized spacial score (nSPS) is 35.3. The minimum Gasteiger partial charge on any atom is -0.342 e. The maximum Gasteiger partial charge on any atom is 0.225 e. The number of hydrogen-bond donors (Lipinski definition) is 1. The predicted molar refractivity (Wildman–Crippen MR) is 72.0 cm³/mol. The van der Waals surface area contributed by atoms with E-state index in [-0.39, 0.29) is 12.0 Å². The van der Waals surface area contributed by atoms with E-state index in [2.05, 4.69) is 4.90 Å². The minimum atomic E-state index is 0.234. The first-order valence-electron chi connectivity index (χ1n) is 7.73. The Balaban J connectivity index is 1.54.